The average Bonchev–Trinajstić information content (AvgIpc) is 2.45. The summed E-state index contributed by atoms with van der Waals surface area (Å²) in [6, 6.07) is 9.10. The van der Waals surface area contributed by atoms with Crippen LogP contribution in [0.1, 0.15) is 37.3 Å². The molecule has 0 aromatic heterocycles. The van der Waals surface area contributed by atoms with Crippen LogP contribution < -0.4 is 0 Å². The Morgan fingerprint density at radius 3 is 2.78 bits per heavy atom. The van der Waals surface area contributed by atoms with Crippen LogP contribution in [0.5, 0.6) is 0 Å². The van der Waals surface area contributed by atoms with E-state index in [1.165, 1.54) is 17.5 Å². The van der Waals surface area contributed by atoms with E-state index >= 15 is 0 Å². The number of hydrogen-bond donors (Lipinski definition) is 0. The lowest BCUT2D eigenvalue weighted by Gasteiger charge is -2.26. The van der Waals surface area contributed by atoms with Gasteiger partial charge in [0, 0.05) is 19.6 Å². The smallest absolute Gasteiger partial charge is 0.0594 e. The molecule has 1 aromatic carbocycles. The lowest BCUT2D eigenvalue weighted by molar-refractivity contribution is 0.0384. The maximum Gasteiger partial charge on any atom is 0.0594 e. The molecule has 0 bridgehead atoms. The fraction of sp³-hybridized carbons (Fsp3) is 0.625. The Morgan fingerprint density at radius 2 is 2.06 bits per heavy atom. The lowest BCUT2D eigenvalue weighted by Crippen LogP contribution is -2.37. The molecule has 0 N–H and O–H groups in total. The van der Waals surface area contributed by atoms with Crippen molar-refractivity contribution in [2.24, 2.45) is 0 Å². The molecule has 1 aliphatic heterocycles. The normalized spacial score (nSPS) is 18.8. The van der Waals surface area contributed by atoms with Crippen molar-refractivity contribution in [1.82, 2.24) is 4.90 Å². The van der Waals surface area contributed by atoms with E-state index in [1.807, 2.05) is 0 Å². The Morgan fingerprint density at radius 1 is 1.28 bits per heavy atom. The van der Waals surface area contributed by atoms with Gasteiger partial charge in [-0.1, -0.05) is 38.1 Å². The minimum absolute atomic E-state index is 0.674. The molecule has 2 rings (SSSR count). The third kappa shape index (κ3) is 3.82. The molecule has 0 radical (unpaired) electrons. The minimum atomic E-state index is 0.674. The molecule has 1 aromatic rings. The maximum absolute atomic E-state index is 5.38. The molecule has 1 atom stereocenters. The van der Waals surface area contributed by atoms with Gasteiger partial charge < -0.3 is 4.74 Å². The maximum atomic E-state index is 5.38. The largest absolute Gasteiger partial charge is 0.379 e. The first-order valence-electron chi connectivity index (χ1n) is 7.18. The van der Waals surface area contributed by atoms with Crippen molar-refractivity contribution >= 4 is 0 Å². The van der Waals surface area contributed by atoms with Gasteiger partial charge in [0.05, 0.1) is 13.2 Å². The van der Waals surface area contributed by atoms with Crippen LogP contribution in [0, 0.1) is 0 Å². The number of hydrogen-bond acceptors (Lipinski definition) is 2. The first kappa shape index (κ1) is 13.6. The molecular formula is C16H25NO. The summed E-state index contributed by atoms with van der Waals surface area (Å²) in [6.45, 7) is 9.69. The van der Waals surface area contributed by atoms with E-state index in [4.69, 9.17) is 4.74 Å². The quantitative estimate of drug-likeness (QED) is 0.793. The molecule has 0 saturated carbocycles. The first-order valence-corrected chi connectivity index (χ1v) is 7.18. The molecule has 1 unspecified atom stereocenters. The van der Waals surface area contributed by atoms with Gasteiger partial charge in [-0.3, -0.25) is 4.90 Å². The second-order valence-corrected chi connectivity index (χ2v) is 5.26. The second kappa shape index (κ2) is 6.91. The molecule has 0 amide bonds. The van der Waals surface area contributed by atoms with Crippen molar-refractivity contribution in [1.29, 1.82) is 0 Å². The molecule has 1 aliphatic rings. The molecule has 0 spiro atoms. The van der Waals surface area contributed by atoms with E-state index in [0.717, 1.165) is 39.3 Å². The van der Waals surface area contributed by atoms with Crippen molar-refractivity contribution in [3.63, 3.8) is 0 Å². The fourth-order valence-corrected chi connectivity index (χ4v) is 2.40. The third-order valence-corrected chi connectivity index (χ3v) is 3.95. The zero-order chi connectivity index (χ0) is 12.8. The van der Waals surface area contributed by atoms with Crippen molar-refractivity contribution in [3.05, 3.63) is 35.4 Å². The molecule has 0 aliphatic carbocycles. The predicted octanol–water partition coefficient (Wildman–Crippen LogP) is 3.07. The predicted molar refractivity (Wildman–Crippen MR) is 76.1 cm³/mol. The molecule has 18 heavy (non-hydrogen) atoms. The summed E-state index contributed by atoms with van der Waals surface area (Å²) in [6.07, 6.45) is 2.37. The molecule has 100 valence electrons. The highest BCUT2D eigenvalue weighted by Gasteiger charge is 2.10. The monoisotopic (exact) mass is 247 g/mol. The molecular weight excluding hydrogens is 222 g/mol. The number of benzene rings is 1. The molecule has 1 heterocycles. The standard InChI is InChI=1S/C16H25NO/c1-3-14(2)16-6-4-5-15(13-16)7-8-17-9-11-18-12-10-17/h4-6,13-14H,3,7-12H2,1-2H3. The second-order valence-electron chi connectivity index (χ2n) is 5.26. The summed E-state index contributed by atoms with van der Waals surface area (Å²) < 4.78 is 5.38. The van der Waals surface area contributed by atoms with Crippen LogP contribution in [0.25, 0.3) is 0 Å². The van der Waals surface area contributed by atoms with Crippen LogP contribution in [0.3, 0.4) is 0 Å². The van der Waals surface area contributed by atoms with E-state index in [-0.39, 0.29) is 0 Å². The van der Waals surface area contributed by atoms with Crippen LogP contribution in [-0.4, -0.2) is 37.7 Å². The van der Waals surface area contributed by atoms with Gasteiger partial charge in [-0.25, -0.2) is 0 Å². The Bertz CT molecular complexity index is 358. The lowest BCUT2D eigenvalue weighted by atomic mass is 9.96. The van der Waals surface area contributed by atoms with E-state index < -0.39 is 0 Å². The summed E-state index contributed by atoms with van der Waals surface area (Å²) in [5.74, 6) is 0.674. The number of rotatable bonds is 5. The van der Waals surface area contributed by atoms with E-state index in [1.54, 1.807) is 0 Å². The average molecular weight is 247 g/mol. The highest BCUT2D eigenvalue weighted by atomic mass is 16.5. The van der Waals surface area contributed by atoms with Gasteiger partial charge in [-0.05, 0) is 29.9 Å². The fourth-order valence-electron chi connectivity index (χ4n) is 2.40. The number of ether oxygens (including phenoxy) is 1. The van der Waals surface area contributed by atoms with Gasteiger partial charge >= 0.3 is 0 Å². The van der Waals surface area contributed by atoms with E-state index in [0.29, 0.717) is 5.92 Å². The summed E-state index contributed by atoms with van der Waals surface area (Å²) in [7, 11) is 0. The van der Waals surface area contributed by atoms with Gasteiger partial charge in [0.15, 0.2) is 0 Å². The van der Waals surface area contributed by atoms with Crippen molar-refractivity contribution < 1.29 is 4.74 Å². The van der Waals surface area contributed by atoms with Crippen LogP contribution >= 0.6 is 0 Å². The summed E-state index contributed by atoms with van der Waals surface area (Å²) in [5.41, 5.74) is 2.95. The van der Waals surface area contributed by atoms with Gasteiger partial charge in [0.25, 0.3) is 0 Å². The Hall–Kier alpha value is -0.860. The topological polar surface area (TPSA) is 12.5 Å². The number of nitrogens with zero attached hydrogens (tertiary/aromatic N) is 1. The first-order chi connectivity index (χ1) is 8.79. The van der Waals surface area contributed by atoms with Gasteiger partial charge in [-0.2, -0.15) is 0 Å². The van der Waals surface area contributed by atoms with Crippen molar-refractivity contribution in [2.75, 3.05) is 32.8 Å². The Kier molecular flexibility index (Phi) is 5.21. The summed E-state index contributed by atoms with van der Waals surface area (Å²) >= 11 is 0. The van der Waals surface area contributed by atoms with Crippen LogP contribution in [0.2, 0.25) is 0 Å². The Balaban J connectivity index is 1.88. The van der Waals surface area contributed by atoms with E-state index in [9.17, 15) is 0 Å². The van der Waals surface area contributed by atoms with Crippen molar-refractivity contribution in [3.8, 4) is 0 Å². The van der Waals surface area contributed by atoms with Gasteiger partial charge in [0.2, 0.25) is 0 Å². The molecule has 2 heteroatoms. The van der Waals surface area contributed by atoms with Crippen LogP contribution in [0.15, 0.2) is 24.3 Å². The van der Waals surface area contributed by atoms with Gasteiger partial charge in [-0.15, -0.1) is 0 Å². The highest BCUT2D eigenvalue weighted by Crippen LogP contribution is 2.19. The molecule has 1 saturated heterocycles. The number of morpholine rings is 1. The summed E-state index contributed by atoms with van der Waals surface area (Å²) in [5, 5.41) is 0. The molecule has 2 nitrogen and oxygen atoms in total. The zero-order valence-electron chi connectivity index (χ0n) is 11.7. The van der Waals surface area contributed by atoms with Gasteiger partial charge in [0.1, 0.15) is 0 Å². The van der Waals surface area contributed by atoms with Crippen LogP contribution in [0.4, 0.5) is 0 Å². The SMILES string of the molecule is CCC(C)c1cccc(CCN2CCOCC2)c1. The van der Waals surface area contributed by atoms with E-state index in [2.05, 4.69) is 43.0 Å². The molecule has 1 fully saturated rings. The Labute approximate surface area is 111 Å². The third-order valence-electron chi connectivity index (χ3n) is 3.95. The van der Waals surface area contributed by atoms with Crippen molar-refractivity contribution in [2.45, 2.75) is 32.6 Å². The highest BCUT2D eigenvalue weighted by molar-refractivity contribution is 5.26. The minimum Gasteiger partial charge on any atom is -0.379 e. The summed E-state index contributed by atoms with van der Waals surface area (Å²) in [4.78, 5) is 2.50. The zero-order valence-corrected chi connectivity index (χ0v) is 11.7. The van der Waals surface area contributed by atoms with Crippen LogP contribution in [-0.2, 0) is 11.2 Å².